The Morgan fingerprint density at radius 3 is 1.50 bits per heavy atom. The molecule has 0 saturated carbocycles. The first-order chi connectivity index (χ1) is 11.5. The van der Waals surface area contributed by atoms with Crippen molar-refractivity contribution >= 4 is 34.7 Å². The van der Waals surface area contributed by atoms with Crippen LogP contribution in [0, 0.1) is 0 Å². The fourth-order valence-electron chi connectivity index (χ4n) is 2.59. The summed E-state index contributed by atoms with van der Waals surface area (Å²) in [6, 6.07) is 18.4. The van der Waals surface area contributed by atoms with Crippen molar-refractivity contribution in [2.75, 3.05) is 5.73 Å². The third-order valence-electron chi connectivity index (χ3n) is 3.90. The zero-order valence-corrected chi connectivity index (χ0v) is 14.5. The first-order valence-electron chi connectivity index (χ1n) is 7.42. The second-order valence-corrected chi connectivity index (χ2v) is 6.43. The highest BCUT2D eigenvalue weighted by molar-refractivity contribution is 6.31. The maximum atomic E-state index is 11.9. The van der Waals surface area contributed by atoms with Gasteiger partial charge in [0.25, 0.3) is 0 Å². The molecule has 2 nitrogen and oxygen atoms in total. The summed E-state index contributed by atoms with van der Waals surface area (Å²) < 4.78 is 0. The first-order valence-corrected chi connectivity index (χ1v) is 8.17. The normalized spacial score (nSPS) is 10.6. The molecular formula is C20H15Cl2NO. The van der Waals surface area contributed by atoms with Gasteiger partial charge < -0.3 is 5.73 Å². The number of rotatable bonds is 3. The van der Waals surface area contributed by atoms with Crippen LogP contribution in [-0.4, -0.2) is 5.78 Å². The van der Waals surface area contributed by atoms with Gasteiger partial charge in [0.1, 0.15) is 0 Å². The molecule has 0 fully saturated rings. The van der Waals surface area contributed by atoms with Crippen molar-refractivity contribution in [3.8, 4) is 22.3 Å². The molecule has 0 amide bonds. The van der Waals surface area contributed by atoms with Crippen molar-refractivity contribution in [1.29, 1.82) is 0 Å². The lowest BCUT2D eigenvalue weighted by molar-refractivity contribution is 0.101. The van der Waals surface area contributed by atoms with Gasteiger partial charge >= 0.3 is 0 Å². The van der Waals surface area contributed by atoms with Crippen LogP contribution in [0.1, 0.15) is 17.3 Å². The zero-order valence-electron chi connectivity index (χ0n) is 13.0. The second-order valence-electron chi connectivity index (χ2n) is 5.56. The van der Waals surface area contributed by atoms with Crippen LogP contribution in [0.25, 0.3) is 22.3 Å². The van der Waals surface area contributed by atoms with E-state index in [2.05, 4.69) is 0 Å². The molecule has 0 radical (unpaired) electrons. The van der Waals surface area contributed by atoms with Gasteiger partial charge in [0, 0.05) is 32.4 Å². The summed E-state index contributed by atoms with van der Waals surface area (Å²) in [6.07, 6.45) is 0. The molecule has 0 aliphatic carbocycles. The summed E-state index contributed by atoms with van der Waals surface area (Å²) in [6.45, 7) is 1.54. The Labute approximate surface area is 150 Å². The van der Waals surface area contributed by atoms with E-state index in [1.165, 1.54) is 0 Å². The van der Waals surface area contributed by atoms with Crippen molar-refractivity contribution in [3.63, 3.8) is 0 Å². The minimum atomic E-state index is -0.0135. The molecule has 2 N–H and O–H groups in total. The van der Waals surface area contributed by atoms with Gasteiger partial charge in [-0.3, -0.25) is 4.79 Å². The molecule has 0 saturated heterocycles. The summed E-state index contributed by atoms with van der Waals surface area (Å²) in [5.41, 5.74) is 11.1. The summed E-state index contributed by atoms with van der Waals surface area (Å²) in [5.74, 6) is -0.0135. The standard InChI is InChI=1S/C20H15Cl2NO/c1-12(24)15-10-18(13-2-6-16(21)7-3-13)20(23)19(11-15)14-4-8-17(22)9-5-14/h2-11H,23H2,1H3. The molecular weight excluding hydrogens is 341 g/mol. The number of halogens is 2. The average Bonchev–Trinajstić information content (AvgIpc) is 2.57. The molecule has 120 valence electrons. The second kappa shape index (κ2) is 6.68. The molecule has 0 heterocycles. The molecule has 0 atom stereocenters. The van der Waals surface area contributed by atoms with Crippen LogP contribution in [0.3, 0.4) is 0 Å². The molecule has 4 heteroatoms. The molecule has 0 unspecified atom stereocenters. The Hall–Kier alpha value is -2.29. The van der Waals surface area contributed by atoms with Crippen molar-refractivity contribution in [2.45, 2.75) is 6.92 Å². The smallest absolute Gasteiger partial charge is 0.159 e. The molecule has 0 aromatic heterocycles. The fourth-order valence-corrected chi connectivity index (χ4v) is 2.85. The van der Waals surface area contributed by atoms with E-state index in [1.807, 2.05) is 36.4 Å². The van der Waals surface area contributed by atoms with Crippen molar-refractivity contribution in [3.05, 3.63) is 76.3 Å². The van der Waals surface area contributed by atoms with Gasteiger partial charge in [-0.2, -0.15) is 0 Å². The number of anilines is 1. The third-order valence-corrected chi connectivity index (χ3v) is 4.40. The number of benzene rings is 3. The van der Waals surface area contributed by atoms with E-state index < -0.39 is 0 Å². The molecule has 24 heavy (non-hydrogen) atoms. The number of hydrogen-bond donors (Lipinski definition) is 1. The Bertz CT molecular complexity index is 833. The van der Waals surface area contributed by atoms with E-state index in [-0.39, 0.29) is 5.78 Å². The van der Waals surface area contributed by atoms with E-state index in [0.29, 0.717) is 21.3 Å². The van der Waals surface area contributed by atoms with Crippen LogP contribution in [0.15, 0.2) is 60.7 Å². The lowest BCUT2D eigenvalue weighted by atomic mass is 9.92. The van der Waals surface area contributed by atoms with Gasteiger partial charge in [-0.15, -0.1) is 0 Å². The number of nitrogens with two attached hydrogens (primary N) is 1. The highest BCUT2D eigenvalue weighted by Crippen LogP contribution is 2.37. The number of Topliss-reactive ketones (excluding diaryl/α,β-unsaturated/α-hetero) is 1. The van der Waals surface area contributed by atoms with Crippen LogP contribution >= 0.6 is 23.2 Å². The lowest BCUT2D eigenvalue weighted by Gasteiger charge is -2.14. The maximum absolute atomic E-state index is 11.9. The molecule has 0 aliphatic rings. The van der Waals surface area contributed by atoms with E-state index in [4.69, 9.17) is 28.9 Å². The minimum absolute atomic E-state index is 0.0135. The number of ketones is 1. The van der Waals surface area contributed by atoms with Crippen molar-refractivity contribution < 1.29 is 4.79 Å². The third kappa shape index (κ3) is 3.30. The van der Waals surface area contributed by atoms with Gasteiger partial charge in [0.2, 0.25) is 0 Å². The van der Waals surface area contributed by atoms with Crippen LogP contribution in [0.5, 0.6) is 0 Å². The topological polar surface area (TPSA) is 43.1 Å². The predicted octanol–water partition coefficient (Wildman–Crippen LogP) is 6.11. The zero-order chi connectivity index (χ0) is 17.3. The van der Waals surface area contributed by atoms with Crippen LogP contribution in [0.2, 0.25) is 10.0 Å². The highest BCUT2D eigenvalue weighted by Gasteiger charge is 2.14. The highest BCUT2D eigenvalue weighted by atomic mass is 35.5. The lowest BCUT2D eigenvalue weighted by Crippen LogP contribution is -2.00. The fraction of sp³-hybridized carbons (Fsp3) is 0.0500. The Morgan fingerprint density at radius 2 is 1.17 bits per heavy atom. The van der Waals surface area contributed by atoms with Crippen LogP contribution in [0.4, 0.5) is 5.69 Å². The maximum Gasteiger partial charge on any atom is 0.159 e. The van der Waals surface area contributed by atoms with Crippen molar-refractivity contribution in [2.24, 2.45) is 0 Å². The summed E-state index contributed by atoms with van der Waals surface area (Å²) in [7, 11) is 0. The molecule has 0 aliphatic heterocycles. The Morgan fingerprint density at radius 1 is 0.792 bits per heavy atom. The van der Waals surface area contributed by atoms with Crippen LogP contribution < -0.4 is 5.73 Å². The SMILES string of the molecule is CC(=O)c1cc(-c2ccc(Cl)cc2)c(N)c(-c2ccc(Cl)cc2)c1. The van der Waals surface area contributed by atoms with Gasteiger partial charge in [-0.1, -0.05) is 47.5 Å². The molecule has 3 rings (SSSR count). The molecule has 0 spiro atoms. The van der Waals surface area contributed by atoms with E-state index in [0.717, 1.165) is 22.3 Å². The number of carbonyl (C=O) groups is 1. The summed E-state index contributed by atoms with van der Waals surface area (Å²) in [5, 5.41) is 1.30. The summed E-state index contributed by atoms with van der Waals surface area (Å²) in [4.78, 5) is 11.9. The molecule has 3 aromatic carbocycles. The van der Waals surface area contributed by atoms with Gasteiger partial charge in [0.15, 0.2) is 5.78 Å². The number of nitrogen functional groups attached to an aromatic ring is 1. The van der Waals surface area contributed by atoms with E-state index >= 15 is 0 Å². The minimum Gasteiger partial charge on any atom is -0.398 e. The van der Waals surface area contributed by atoms with E-state index in [1.54, 1.807) is 31.2 Å². The monoisotopic (exact) mass is 355 g/mol. The molecule has 0 bridgehead atoms. The van der Waals surface area contributed by atoms with Crippen molar-refractivity contribution in [1.82, 2.24) is 0 Å². The number of hydrogen-bond acceptors (Lipinski definition) is 2. The Balaban J connectivity index is 2.24. The molecule has 3 aromatic rings. The Kier molecular flexibility index (Phi) is 4.61. The first kappa shape index (κ1) is 16.6. The van der Waals surface area contributed by atoms with Gasteiger partial charge in [-0.25, -0.2) is 0 Å². The van der Waals surface area contributed by atoms with Gasteiger partial charge in [-0.05, 0) is 54.4 Å². The van der Waals surface area contributed by atoms with Crippen LogP contribution in [-0.2, 0) is 0 Å². The number of carbonyl (C=O) groups excluding carboxylic acids is 1. The quantitative estimate of drug-likeness (QED) is 0.454. The van der Waals surface area contributed by atoms with Gasteiger partial charge in [0.05, 0.1) is 0 Å². The van der Waals surface area contributed by atoms with E-state index in [9.17, 15) is 4.79 Å². The average molecular weight is 356 g/mol. The largest absolute Gasteiger partial charge is 0.398 e. The predicted molar refractivity (Wildman–Crippen MR) is 102 cm³/mol. The summed E-state index contributed by atoms with van der Waals surface area (Å²) >= 11 is 11.9.